The molecule has 0 saturated carbocycles. The van der Waals surface area contributed by atoms with Crippen LogP contribution in [0.4, 0.5) is 4.79 Å². The Kier molecular flexibility index (Phi) is 10.6. The highest BCUT2D eigenvalue weighted by molar-refractivity contribution is 7.89. The molecule has 2 aromatic carbocycles. The van der Waals surface area contributed by atoms with Crippen LogP contribution in [0.2, 0.25) is 0 Å². The fourth-order valence-electron chi connectivity index (χ4n) is 5.50. The first-order valence-corrected chi connectivity index (χ1v) is 16.7. The average molecular weight is 663 g/mol. The molecule has 0 aliphatic carbocycles. The van der Waals surface area contributed by atoms with Crippen molar-refractivity contribution in [1.29, 1.82) is 5.41 Å². The van der Waals surface area contributed by atoms with Gasteiger partial charge in [-0.2, -0.15) is 4.31 Å². The molecule has 2 aromatic rings. The number of fused-ring (bicyclic) bond motifs is 2. The van der Waals surface area contributed by atoms with Crippen LogP contribution < -0.4 is 19.5 Å². The molecule has 3 N–H and O–H groups in total. The zero-order chi connectivity index (χ0) is 33.0. The number of amidine groups is 1. The molecular formula is C31H42N4O10S. The molecule has 3 heterocycles. The number of sulfonamides is 1. The van der Waals surface area contributed by atoms with Gasteiger partial charge in [0, 0.05) is 33.3 Å². The van der Waals surface area contributed by atoms with Gasteiger partial charge in [0.05, 0.1) is 36.2 Å². The van der Waals surface area contributed by atoms with E-state index in [1.807, 2.05) is 13.8 Å². The monoisotopic (exact) mass is 662 g/mol. The van der Waals surface area contributed by atoms with Crippen LogP contribution in [0.5, 0.6) is 17.2 Å². The molecule has 15 heteroatoms. The quantitative estimate of drug-likeness (QED) is 0.225. The van der Waals surface area contributed by atoms with Gasteiger partial charge in [-0.15, -0.1) is 0 Å². The van der Waals surface area contributed by atoms with E-state index in [-0.39, 0.29) is 55.7 Å². The van der Waals surface area contributed by atoms with Crippen LogP contribution in [0.15, 0.2) is 47.4 Å². The van der Waals surface area contributed by atoms with Crippen LogP contribution in [0, 0.1) is 17.2 Å². The van der Waals surface area contributed by atoms with Crippen LogP contribution in [0.3, 0.4) is 0 Å². The molecular weight excluding hydrogens is 620 g/mol. The molecule has 2 saturated heterocycles. The first kappa shape index (κ1) is 33.7. The SMILES string of the molecule is CC(C)CN(CC(O)C(Cc1ccc(OC(=N)N(C)C)cc1)NC(=O)OC1COC2OCCC12)S(=O)(=O)c1ccc2c(c1)OCO2. The van der Waals surface area contributed by atoms with E-state index in [2.05, 4.69) is 5.32 Å². The van der Waals surface area contributed by atoms with E-state index in [9.17, 15) is 18.3 Å². The number of carbonyl (C=O) groups is 1. The highest BCUT2D eigenvalue weighted by Crippen LogP contribution is 2.35. The predicted molar refractivity (Wildman–Crippen MR) is 165 cm³/mol. The number of aliphatic hydroxyl groups is 1. The summed E-state index contributed by atoms with van der Waals surface area (Å²) in [6.07, 6.45) is -2.13. The maximum absolute atomic E-state index is 13.9. The molecule has 0 bridgehead atoms. The Labute approximate surface area is 269 Å². The molecule has 5 atom stereocenters. The predicted octanol–water partition coefficient (Wildman–Crippen LogP) is 2.40. The van der Waals surface area contributed by atoms with E-state index in [0.29, 0.717) is 30.3 Å². The molecule has 5 unspecified atom stereocenters. The van der Waals surface area contributed by atoms with E-state index >= 15 is 0 Å². The van der Waals surface area contributed by atoms with Gasteiger partial charge in [0.2, 0.25) is 16.8 Å². The smallest absolute Gasteiger partial charge is 0.407 e. The zero-order valence-corrected chi connectivity index (χ0v) is 27.2. The second-order valence-electron chi connectivity index (χ2n) is 12.2. The van der Waals surface area contributed by atoms with Crippen molar-refractivity contribution in [1.82, 2.24) is 14.5 Å². The molecule has 3 aliphatic heterocycles. The summed E-state index contributed by atoms with van der Waals surface area (Å²) in [7, 11) is -0.688. The summed E-state index contributed by atoms with van der Waals surface area (Å²) >= 11 is 0. The minimum atomic E-state index is -4.08. The lowest BCUT2D eigenvalue weighted by atomic mass is 10.0. The molecule has 2 fully saturated rings. The van der Waals surface area contributed by atoms with E-state index < -0.39 is 40.7 Å². The normalized spacial score (nSPS) is 21.6. The number of ether oxygens (including phenoxy) is 6. The number of aliphatic hydroxyl groups excluding tert-OH is 1. The Morgan fingerprint density at radius 3 is 2.54 bits per heavy atom. The number of hydrogen-bond acceptors (Lipinski definition) is 11. The summed E-state index contributed by atoms with van der Waals surface area (Å²) in [5, 5.41) is 22.3. The topological polar surface area (TPSA) is 169 Å². The molecule has 1 amide bonds. The van der Waals surface area contributed by atoms with Crippen LogP contribution in [0.25, 0.3) is 0 Å². The molecule has 5 rings (SSSR count). The van der Waals surface area contributed by atoms with Gasteiger partial charge in [-0.25, -0.2) is 13.2 Å². The molecule has 0 aromatic heterocycles. The maximum atomic E-state index is 13.9. The molecule has 46 heavy (non-hydrogen) atoms. The Morgan fingerprint density at radius 1 is 1.09 bits per heavy atom. The summed E-state index contributed by atoms with van der Waals surface area (Å²) in [5.41, 5.74) is 0.732. The summed E-state index contributed by atoms with van der Waals surface area (Å²) in [6.45, 7) is 4.31. The summed E-state index contributed by atoms with van der Waals surface area (Å²) in [4.78, 5) is 14.7. The molecule has 3 aliphatic rings. The average Bonchev–Trinajstić information content (AvgIpc) is 3.75. The first-order chi connectivity index (χ1) is 21.9. The van der Waals surface area contributed by atoms with Gasteiger partial charge >= 0.3 is 6.09 Å². The number of nitrogens with zero attached hydrogens (tertiary/aromatic N) is 2. The summed E-state index contributed by atoms with van der Waals surface area (Å²) < 4.78 is 62.0. The Balaban J connectivity index is 1.34. The summed E-state index contributed by atoms with van der Waals surface area (Å²) in [5.74, 6) is 1.09. The fourth-order valence-corrected chi connectivity index (χ4v) is 7.14. The number of alkyl carbamates (subject to hydrolysis) is 1. The van der Waals surface area contributed by atoms with Gasteiger partial charge in [0.1, 0.15) is 11.9 Å². The van der Waals surface area contributed by atoms with Crippen LogP contribution in [-0.2, 0) is 30.7 Å². The van der Waals surface area contributed by atoms with Crippen LogP contribution >= 0.6 is 0 Å². The lowest BCUT2D eigenvalue weighted by Gasteiger charge is -2.31. The largest absolute Gasteiger partial charge is 0.454 e. The van der Waals surface area contributed by atoms with Crippen molar-refractivity contribution in [2.24, 2.45) is 11.8 Å². The summed E-state index contributed by atoms with van der Waals surface area (Å²) in [6, 6.07) is 10.3. The Morgan fingerprint density at radius 2 is 1.83 bits per heavy atom. The zero-order valence-electron chi connectivity index (χ0n) is 26.4. The van der Waals surface area contributed by atoms with Gasteiger partial charge in [0.15, 0.2) is 17.8 Å². The molecule has 0 spiro atoms. The first-order valence-electron chi connectivity index (χ1n) is 15.2. The van der Waals surface area contributed by atoms with Crippen LogP contribution in [-0.4, -0.2) is 107 Å². The Bertz CT molecular complexity index is 1490. The number of nitrogens with one attached hydrogen (secondary N) is 2. The van der Waals surface area contributed by atoms with E-state index in [0.717, 1.165) is 5.56 Å². The second kappa shape index (κ2) is 14.4. The maximum Gasteiger partial charge on any atom is 0.407 e. The van der Waals surface area contributed by atoms with Crippen LogP contribution in [0.1, 0.15) is 25.8 Å². The number of carbonyl (C=O) groups excluding carboxylic acids is 1. The van der Waals surface area contributed by atoms with Gasteiger partial charge in [-0.3, -0.25) is 5.41 Å². The van der Waals surface area contributed by atoms with E-state index in [4.69, 9.17) is 33.8 Å². The third-order valence-corrected chi connectivity index (χ3v) is 9.78. The van der Waals surface area contributed by atoms with Crippen molar-refractivity contribution in [3.63, 3.8) is 0 Å². The van der Waals surface area contributed by atoms with Crippen molar-refractivity contribution in [2.75, 3.05) is 47.2 Å². The van der Waals surface area contributed by atoms with Crippen molar-refractivity contribution in [2.45, 2.75) is 56.1 Å². The number of hydrogen-bond donors (Lipinski definition) is 3. The standard InChI is InChI=1S/C31H42N4O10S/c1-19(2)15-35(46(38,39)22-9-10-26-27(14-22)43-18-42-26)16-25(36)24(13-20-5-7-21(8-6-20)44-30(32)34(3)4)33-31(37)45-28-17-41-29-23(28)11-12-40-29/h5-10,14,19,23-25,28-29,32,36H,11-13,15-18H2,1-4H3,(H,33,37). The third-order valence-electron chi connectivity index (χ3n) is 7.95. The van der Waals surface area contributed by atoms with Crippen molar-refractivity contribution < 1.29 is 46.7 Å². The van der Waals surface area contributed by atoms with Crippen molar-refractivity contribution in [3.05, 3.63) is 48.0 Å². The fraction of sp³-hybridized carbons (Fsp3) is 0.548. The lowest BCUT2D eigenvalue weighted by molar-refractivity contribution is -0.0907. The number of benzene rings is 2. The highest BCUT2D eigenvalue weighted by atomic mass is 32.2. The van der Waals surface area contributed by atoms with Gasteiger partial charge in [-0.1, -0.05) is 26.0 Å². The molecule has 252 valence electrons. The third kappa shape index (κ3) is 8.01. The minimum Gasteiger partial charge on any atom is -0.454 e. The van der Waals surface area contributed by atoms with Crippen molar-refractivity contribution >= 4 is 22.1 Å². The second-order valence-corrected chi connectivity index (χ2v) is 14.1. The van der Waals surface area contributed by atoms with E-state index in [1.54, 1.807) is 44.4 Å². The van der Waals surface area contributed by atoms with Gasteiger partial charge in [-0.05, 0) is 48.6 Å². The van der Waals surface area contributed by atoms with E-state index in [1.165, 1.54) is 21.3 Å². The highest BCUT2D eigenvalue weighted by Gasteiger charge is 2.44. The Hall–Kier alpha value is -3.63. The minimum absolute atomic E-state index is 0.00182. The molecule has 0 radical (unpaired) electrons. The molecule has 14 nitrogen and oxygen atoms in total. The van der Waals surface area contributed by atoms with Gasteiger partial charge < -0.3 is 43.7 Å². The lowest BCUT2D eigenvalue weighted by Crippen LogP contribution is -2.51. The number of rotatable bonds is 12. The van der Waals surface area contributed by atoms with Gasteiger partial charge in [0.25, 0.3) is 6.02 Å². The number of amides is 1. The van der Waals surface area contributed by atoms with Crippen molar-refractivity contribution in [3.8, 4) is 17.2 Å².